The molecule has 1 aromatic carbocycles. The van der Waals surface area contributed by atoms with Gasteiger partial charge in [-0.3, -0.25) is 4.90 Å². The summed E-state index contributed by atoms with van der Waals surface area (Å²) in [7, 11) is 2.07. The van der Waals surface area contributed by atoms with Gasteiger partial charge in [-0.2, -0.15) is 0 Å². The summed E-state index contributed by atoms with van der Waals surface area (Å²) in [6.45, 7) is 4.82. The summed E-state index contributed by atoms with van der Waals surface area (Å²) in [5.74, 6) is 1.72. The molecule has 104 valence electrons. The molecular weight excluding hydrogens is 232 g/mol. The van der Waals surface area contributed by atoms with Crippen LogP contribution in [-0.4, -0.2) is 31.6 Å². The van der Waals surface area contributed by atoms with E-state index in [4.69, 9.17) is 0 Å². The van der Waals surface area contributed by atoms with Crippen LogP contribution in [0, 0.1) is 5.92 Å². The standard InChI is InChI=1S/C17H26N2/c1-18-11-15-3-2-10-19(13-15)12-14-4-6-16(7-5-14)17-8-9-17/h4-7,15,17-18H,2-3,8-13H2,1H3. The van der Waals surface area contributed by atoms with Gasteiger partial charge < -0.3 is 5.32 Å². The lowest BCUT2D eigenvalue weighted by Crippen LogP contribution is -2.38. The first kappa shape index (κ1) is 13.1. The van der Waals surface area contributed by atoms with Gasteiger partial charge in [0.05, 0.1) is 0 Å². The van der Waals surface area contributed by atoms with Gasteiger partial charge in [0.15, 0.2) is 0 Å². The fourth-order valence-corrected chi connectivity index (χ4v) is 3.32. The number of nitrogens with zero attached hydrogens (tertiary/aromatic N) is 1. The van der Waals surface area contributed by atoms with Gasteiger partial charge in [-0.1, -0.05) is 24.3 Å². The Kier molecular flexibility index (Phi) is 4.19. The number of nitrogens with one attached hydrogen (secondary N) is 1. The zero-order valence-corrected chi connectivity index (χ0v) is 12.1. The molecule has 1 heterocycles. The van der Waals surface area contributed by atoms with E-state index in [0.717, 1.165) is 24.9 Å². The molecule has 2 heteroatoms. The lowest BCUT2D eigenvalue weighted by atomic mass is 9.97. The van der Waals surface area contributed by atoms with Crippen molar-refractivity contribution in [1.29, 1.82) is 0 Å². The molecule has 2 nitrogen and oxygen atoms in total. The third-order valence-electron chi connectivity index (χ3n) is 4.53. The van der Waals surface area contributed by atoms with Gasteiger partial charge >= 0.3 is 0 Å². The van der Waals surface area contributed by atoms with Crippen molar-refractivity contribution in [3.05, 3.63) is 35.4 Å². The highest BCUT2D eigenvalue weighted by Gasteiger charge is 2.23. The SMILES string of the molecule is CNCC1CCCN(Cc2ccc(C3CC3)cc2)C1. The van der Waals surface area contributed by atoms with Gasteiger partial charge in [-0.25, -0.2) is 0 Å². The van der Waals surface area contributed by atoms with E-state index >= 15 is 0 Å². The van der Waals surface area contributed by atoms with Gasteiger partial charge in [-0.15, -0.1) is 0 Å². The van der Waals surface area contributed by atoms with Crippen molar-refractivity contribution >= 4 is 0 Å². The van der Waals surface area contributed by atoms with E-state index in [2.05, 4.69) is 41.5 Å². The Morgan fingerprint density at radius 3 is 2.63 bits per heavy atom. The smallest absolute Gasteiger partial charge is 0.0233 e. The number of benzene rings is 1. The molecule has 2 aliphatic rings. The van der Waals surface area contributed by atoms with E-state index in [1.807, 2.05) is 0 Å². The fraction of sp³-hybridized carbons (Fsp3) is 0.647. The van der Waals surface area contributed by atoms with Crippen LogP contribution in [0.1, 0.15) is 42.7 Å². The van der Waals surface area contributed by atoms with Crippen molar-refractivity contribution in [2.75, 3.05) is 26.7 Å². The molecule has 1 aromatic rings. The minimum absolute atomic E-state index is 0.837. The van der Waals surface area contributed by atoms with E-state index in [1.54, 1.807) is 5.56 Å². The monoisotopic (exact) mass is 258 g/mol. The van der Waals surface area contributed by atoms with Crippen LogP contribution in [0.25, 0.3) is 0 Å². The van der Waals surface area contributed by atoms with Crippen LogP contribution in [0.15, 0.2) is 24.3 Å². The molecule has 3 rings (SSSR count). The van der Waals surface area contributed by atoms with Crippen molar-refractivity contribution in [3.8, 4) is 0 Å². The normalized spacial score (nSPS) is 24.6. The number of piperidine rings is 1. The maximum atomic E-state index is 3.32. The molecule has 0 radical (unpaired) electrons. The van der Waals surface area contributed by atoms with Crippen molar-refractivity contribution in [3.63, 3.8) is 0 Å². The van der Waals surface area contributed by atoms with Crippen LogP contribution in [-0.2, 0) is 6.54 Å². The van der Waals surface area contributed by atoms with E-state index in [-0.39, 0.29) is 0 Å². The average Bonchev–Trinajstić information content (AvgIpc) is 3.25. The molecule has 0 amide bonds. The Bertz CT molecular complexity index is 392. The molecule has 0 bridgehead atoms. The van der Waals surface area contributed by atoms with Gasteiger partial charge in [0.2, 0.25) is 0 Å². The predicted octanol–water partition coefficient (Wildman–Crippen LogP) is 3.00. The number of hydrogen-bond donors (Lipinski definition) is 1. The molecule has 1 aliphatic heterocycles. The molecule has 0 aromatic heterocycles. The lowest BCUT2D eigenvalue weighted by Gasteiger charge is -2.32. The summed E-state index contributed by atoms with van der Waals surface area (Å²) in [6, 6.07) is 9.38. The van der Waals surface area contributed by atoms with Crippen molar-refractivity contribution in [2.24, 2.45) is 5.92 Å². The molecule has 1 N–H and O–H groups in total. The van der Waals surface area contributed by atoms with Gasteiger partial charge in [0.1, 0.15) is 0 Å². The Labute approximate surface area is 117 Å². The second kappa shape index (κ2) is 6.06. The van der Waals surface area contributed by atoms with Gasteiger partial charge in [-0.05, 0) is 68.8 Å². The lowest BCUT2D eigenvalue weighted by molar-refractivity contribution is 0.167. The highest BCUT2D eigenvalue weighted by molar-refractivity contribution is 5.28. The van der Waals surface area contributed by atoms with Crippen LogP contribution in [0.3, 0.4) is 0 Å². The van der Waals surface area contributed by atoms with E-state index in [1.165, 1.54) is 44.3 Å². The van der Waals surface area contributed by atoms with Crippen LogP contribution in [0.5, 0.6) is 0 Å². The summed E-state index contributed by atoms with van der Waals surface area (Å²) >= 11 is 0. The first-order valence-corrected chi connectivity index (χ1v) is 7.81. The molecule has 1 unspecified atom stereocenters. The third-order valence-corrected chi connectivity index (χ3v) is 4.53. The van der Waals surface area contributed by atoms with E-state index < -0.39 is 0 Å². The van der Waals surface area contributed by atoms with Crippen molar-refractivity contribution < 1.29 is 0 Å². The molecule has 19 heavy (non-hydrogen) atoms. The Hall–Kier alpha value is -0.860. The average molecular weight is 258 g/mol. The summed E-state index contributed by atoms with van der Waals surface area (Å²) in [5.41, 5.74) is 3.03. The Morgan fingerprint density at radius 2 is 1.95 bits per heavy atom. The minimum atomic E-state index is 0.837. The molecule has 2 fully saturated rings. The van der Waals surface area contributed by atoms with Crippen LogP contribution in [0.2, 0.25) is 0 Å². The summed E-state index contributed by atoms with van der Waals surface area (Å²) in [6.07, 6.45) is 5.54. The maximum absolute atomic E-state index is 3.32. The first-order chi connectivity index (χ1) is 9.35. The maximum Gasteiger partial charge on any atom is 0.0233 e. The molecule has 1 saturated heterocycles. The molecule has 1 atom stereocenters. The number of rotatable bonds is 5. The van der Waals surface area contributed by atoms with Gasteiger partial charge in [0.25, 0.3) is 0 Å². The van der Waals surface area contributed by atoms with Gasteiger partial charge in [0, 0.05) is 13.1 Å². The zero-order chi connectivity index (χ0) is 13.1. The van der Waals surface area contributed by atoms with Crippen LogP contribution < -0.4 is 5.32 Å². The summed E-state index contributed by atoms with van der Waals surface area (Å²) < 4.78 is 0. The Morgan fingerprint density at radius 1 is 1.16 bits per heavy atom. The van der Waals surface area contributed by atoms with Crippen molar-refractivity contribution in [1.82, 2.24) is 10.2 Å². The molecule has 0 spiro atoms. The summed E-state index contributed by atoms with van der Waals surface area (Å²) in [4.78, 5) is 2.62. The predicted molar refractivity (Wildman–Crippen MR) is 80.3 cm³/mol. The number of likely N-dealkylation sites (tertiary alicyclic amines) is 1. The van der Waals surface area contributed by atoms with Crippen LogP contribution >= 0.6 is 0 Å². The highest BCUT2D eigenvalue weighted by atomic mass is 15.1. The van der Waals surface area contributed by atoms with E-state index in [0.29, 0.717) is 0 Å². The second-order valence-electron chi connectivity index (χ2n) is 6.32. The molecule has 1 aliphatic carbocycles. The van der Waals surface area contributed by atoms with E-state index in [9.17, 15) is 0 Å². The minimum Gasteiger partial charge on any atom is -0.319 e. The Balaban J connectivity index is 1.54. The fourth-order valence-electron chi connectivity index (χ4n) is 3.32. The summed E-state index contributed by atoms with van der Waals surface area (Å²) in [5, 5.41) is 3.32. The quantitative estimate of drug-likeness (QED) is 0.873. The molecule has 1 saturated carbocycles. The van der Waals surface area contributed by atoms with Crippen molar-refractivity contribution in [2.45, 2.75) is 38.1 Å². The second-order valence-corrected chi connectivity index (χ2v) is 6.32. The first-order valence-electron chi connectivity index (χ1n) is 7.81. The number of hydrogen-bond acceptors (Lipinski definition) is 2. The zero-order valence-electron chi connectivity index (χ0n) is 12.1. The molecular formula is C17H26N2. The topological polar surface area (TPSA) is 15.3 Å². The third kappa shape index (κ3) is 3.58. The largest absolute Gasteiger partial charge is 0.319 e. The highest BCUT2D eigenvalue weighted by Crippen LogP contribution is 2.39. The van der Waals surface area contributed by atoms with Crippen LogP contribution in [0.4, 0.5) is 0 Å².